The summed E-state index contributed by atoms with van der Waals surface area (Å²) < 4.78 is 9.44. The van der Waals surface area contributed by atoms with Crippen molar-refractivity contribution in [2.24, 2.45) is 5.41 Å². The van der Waals surface area contributed by atoms with Crippen LogP contribution in [0, 0.1) is 15.5 Å². The Morgan fingerprint density at radius 1 is 1.32 bits per heavy atom. The van der Waals surface area contributed by atoms with Gasteiger partial charge in [0.25, 0.3) is 0 Å². The number of aldehydes is 1. The molecule has 1 aromatic rings. The molecule has 198 valence electrons. The molecule has 0 radical (unpaired) electrons. The van der Waals surface area contributed by atoms with Gasteiger partial charge in [0, 0.05) is 30.7 Å². The highest BCUT2D eigenvalue weighted by Gasteiger charge is 2.27. The first-order valence-electron chi connectivity index (χ1n) is 10.9. The van der Waals surface area contributed by atoms with Crippen molar-refractivity contribution in [2.75, 3.05) is 32.9 Å². The molecule has 34 heavy (non-hydrogen) atoms. The molecule has 2 heterocycles. The number of aliphatic hydroxyl groups excluding tert-OH is 1. The Morgan fingerprint density at radius 3 is 2.00 bits per heavy atom. The van der Waals surface area contributed by atoms with Crippen molar-refractivity contribution in [3.05, 3.63) is 56.8 Å². The number of hydrogen-bond donors (Lipinski definition) is 3. The van der Waals surface area contributed by atoms with Crippen molar-refractivity contribution >= 4 is 12.1 Å². The van der Waals surface area contributed by atoms with Crippen LogP contribution >= 0.6 is 0 Å². The normalized spacial score (nSPS) is 11.9. The monoisotopic (exact) mass is 488 g/mol. The number of H-pyrrole nitrogens is 1. The van der Waals surface area contributed by atoms with Crippen LogP contribution in [0.25, 0.3) is 0 Å². The molecule has 11 heteroatoms. The number of anilines is 1. The van der Waals surface area contributed by atoms with E-state index in [1.54, 1.807) is 27.7 Å². The number of nitrogen functional groups attached to an aromatic ring is 1. The molecule has 0 spiro atoms. The van der Waals surface area contributed by atoms with Crippen LogP contribution in [0.1, 0.15) is 61.3 Å². The lowest BCUT2D eigenvalue weighted by Crippen LogP contribution is -2.18. The van der Waals surface area contributed by atoms with Crippen molar-refractivity contribution in [1.82, 2.24) is 9.97 Å². The predicted octanol–water partition coefficient (Wildman–Crippen LogP) is 3.73. The fraction of sp³-hybridized carbons (Fsp3) is 0.609. The van der Waals surface area contributed by atoms with E-state index < -0.39 is 16.0 Å². The van der Waals surface area contributed by atoms with Gasteiger partial charge in [-0.2, -0.15) is 0 Å². The maximum absolute atomic E-state index is 10.7. The Hall–Kier alpha value is -2.89. The van der Waals surface area contributed by atoms with Gasteiger partial charge in [-0.3, -0.25) is 15.1 Å². The van der Waals surface area contributed by atoms with Crippen LogP contribution in [0.5, 0.6) is 0 Å². The maximum atomic E-state index is 10.7. The first-order chi connectivity index (χ1) is 16.1. The summed E-state index contributed by atoms with van der Waals surface area (Å²) in [7, 11) is 1.00. The Labute approximate surface area is 203 Å². The third-order valence-electron chi connectivity index (χ3n) is 3.77. The zero-order valence-corrected chi connectivity index (χ0v) is 21.9. The van der Waals surface area contributed by atoms with E-state index in [-0.39, 0.29) is 5.70 Å². The van der Waals surface area contributed by atoms with Crippen molar-refractivity contribution in [2.45, 2.75) is 61.3 Å². The van der Waals surface area contributed by atoms with Gasteiger partial charge in [0.05, 0.1) is 18.1 Å². The van der Waals surface area contributed by atoms with Crippen LogP contribution < -0.4 is 11.4 Å². The van der Waals surface area contributed by atoms with E-state index in [2.05, 4.69) is 23.5 Å². The Morgan fingerprint density at radius 2 is 1.79 bits per heavy atom. The molecular formula is C23H44N4O7. The van der Waals surface area contributed by atoms with E-state index in [1.165, 1.54) is 12.3 Å². The van der Waals surface area contributed by atoms with Gasteiger partial charge in [0.15, 0.2) is 0 Å². The number of hydrogen-bond acceptors (Lipinski definition) is 9. The molecule has 0 amide bonds. The Kier molecular flexibility index (Phi) is 29.8. The lowest BCUT2D eigenvalue weighted by atomic mass is 9.85. The topological polar surface area (TPSA) is 171 Å². The van der Waals surface area contributed by atoms with E-state index in [0.29, 0.717) is 24.6 Å². The number of aromatic amines is 1. The molecule has 0 aromatic carbocycles. The third-order valence-corrected chi connectivity index (χ3v) is 3.77. The third kappa shape index (κ3) is 22.3. The average Bonchev–Trinajstić information content (AvgIpc) is 3.43. The van der Waals surface area contributed by atoms with Crippen molar-refractivity contribution in [3.63, 3.8) is 0 Å². The fourth-order valence-corrected chi connectivity index (χ4v) is 1.67. The summed E-state index contributed by atoms with van der Waals surface area (Å²) in [4.78, 5) is 36.7. The number of nitro groups is 1. The molecule has 0 aliphatic carbocycles. The first-order valence-corrected chi connectivity index (χ1v) is 10.9. The van der Waals surface area contributed by atoms with Crippen LogP contribution in [-0.2, 0) is 14.3 Å². The summed E-state index contributed by atoms with van der Waals surface area (Å²) >= 11 is 0. The highest BCUT2D eigenvalue weighted by molar-refractivity contribution is 5.63. The zero-order chi connectivity index (χ0) is 27.6. The predicted molar refractivity (Wildman–Crippen MR) is 136 cm³/mol. The molecule has 1 aliphatic heterocycles. The SMILES string of the molecule is C1COCO1.C=CCC.CC.CC/C(=C(\C)C(C)(C)C=O)[N+](=O)[O-].CO.Nc1ccnc(=O)[nH]1. The quantitative estimate of drug-likeness (QED) is 0.242. The van der Waals surface area contributed by atoms with E-state index in [0.717, 1.165) is 33.0 Å². The number of aromatic nitrogens is 2. The molecule has 1 saturated heterocycles. The summed E-state index contributed by atoms with van der Waals surface area (Å²) in [6, 6.07) is 1.52. The molecule has 11 nitrogen and oxygen atoms in total. The first kappa shape index (κ1) is 38.4. The number of nitrogens with zero attached hydrogens (tertiary/aromatic N) is 2. The van der Waals surface area contributed by atoms with Gasteiger partial charge < -0.3 is 25.1 Å². The highest BCUT2D eigenvalue weighted by atomic mass is 16.7. The molecule has 4 N–H and O–H groups in total. The number of rotatable bonds is 5. The minimum Gasteiger partial charge on any atom is -0.400 e. The van der Waals surface area contributed by atoms with Crippen LogP contribution in [0.15, 0.2) is 41.0 Å². The van der Waals surface area contributed by atoms with Crippen molar-refractivity contribution in [3.8, 4) is 0 Å². The van der Waals surface area contributed by atoms with Crippen LogP contribution in [0.3, 0.4) is 0 Å². The van der Waals surface area contributed by atoms with Crippen LogP contribution in [0.4, 0.5) is 5.82 Å². The van der Waals surface area contributed by atoms with Crippen LogP contribution in [-0.4, -0.2) is 53.4 Å². The zero-order valence-electron chi connectivity index (χ0n) is 21.9. The number of nitrogens with two attached hydrogens (primary N) is 1. The summed E-state index contributed by atoms with van der Waals surface area (Å²) in [5, 5.41) is 17.6. The fourth-order valence-electron chi connectivity index (χ4n) is 1.67. The molecule has 2 rings (SSSR count). The van der Waals surface area contributed by atoms with Gasteiger partial charge in [0.2, 0.25) is 5.70 Å². The van der Waals surface area contributed by atoms with E-state index >= 15 is 0 Å². The van der Waals surface area contributed by atoms with Gasteiger partial charge in [-0.05, 0) is 33.3 Å². The smallest absolute Gasteiger partial charge is 0.346 e. The molecular weight excluding hydrogens is 444 g/mol. The maximum Gasteiger partial charge on any atom is 0.346 e. The van der Waals surface area contributed by atoms with Crippen LogP contribution in [0.2, 0.25) is 0 Å². The number of allylic oxidation sites excluding steroid dienone is 3. The molecule has 0 unspecified atom stereocenters. The average molecular weight is 489 g/mol. The van der Waals surface area contributed by atoms with Gasteiger partial charge in [-0.25, -0.2) is 9.78 Å². The van der Waals surface area contributed by atoms with E-state index in [1.807, 2.05) is 19.9 Å². The second-order valence-electron chi connectivity index (χ2n) is 6.48. The van der Waals surface area contributed by atoms with Crippen molar-refractivity contribution < 1.29 is 24.3 Å². The number of ether oxygens (including phenoxy) is 2. The van der Waals surface area contributed by atoms with Gasteiger partial charge >= 0.3 is 5.69 Å². The van der Waals surface area contributed by atoms with Gasteiger partial charge in [-0.15, -0.1) is 6.58 Å². The van der Waals surface area contributed by atoms with Gasteiger partial charge in [-0.1, -0.05) is 33.8 Å². The summed E-state index contributed by atoms with van der Waals surface area (Å²) in [6.45, 7) is 18.3. The highest BCUT2D eigenvalue weighted by Crippen LogP contribution is 2.27. The standard InChI is InChI=1S/C9H15NO3.C4H5N3O.C4H8.C3H6O2.C2H6.CH4O/c1-5-8(10(12)13)7(2)9(3,4)6-11;5-3-1-2-6-4(8)7-3;1-3-4-2;1-2-5-3-4-1;2*1-2/h6H,5H2,1-4H3;1-2H,(H3,5,6,7,8);3H,1,4H2,2H3;1-3H2;1-2H3;2H,1H3/b8-7-;;;;;. The number of carbonyl (C=O) groups excluding carboxylic acids is 1. The molecule has 0 saturated carbocycles. The Balaban J connectivity index is -0.000000182. The molecule has 0 bridgehead atoms. The van der Waals surface area contributed by atoms with Gasteiger partial charge in [0.1, 0.15) is 18.9 Å². The lowest BCUT2D eigenvalue weighted by molar-refractivity contribution is -0.429. The summed E-state index contributed by atoms with van der Waals surface area (Å²) in [6.07, 6.45) is 5.39. The second kappa shape index (κ2) is 26.4. The minimum absolute atomic E-state index is 0.136. The molecule has 1 aromatic heterocycles. The molecule has 1 aliphatic rings. The number of carbonyl (C=O) groups is 1. The molecule has 0 atom stereocenters. The number of aliphatic hydroxyl groups is 1. The largest absolute Gasteiger partial charge is 0.400 e. The summed E-state index contributed by atoms with van der Waals surface area (Å²) in [5.41, 5.74) is 4.69. The minimum atomic E-state index is -0.738. The Bertz CT molecular complexity index is 720. The summed E-state index contributed by atoms with van der Waals surface area (Å²) in [5.74, 6) is 0.338. The number of nitrogens with one attached hydrogen (secondary N) is 1. The second-order valence-corrected chi connectivity index (χ2v) is 6.48. The van der Waals surface area contributed by atoms with E-state index in [9.17, 15) is 19.7 Å². The van der Waals surface area contributed by atoms with Crippen molar-refractivity contribution in [1.29, 1.82) is 0 Å². The molecule has 1 fully saturated rings. The lowest BCUT2D eigenvalue weighted by Gasteiger charge is -2.17. The van der Waals surface area contributed by atoms with E-state index in [4.69, 9.17) is 20.3 Å².